The molecule has 0 aliphatic rings. The lowest BCUT2D eigenvalue weighted by atomic mass is 10.2. The van der Waals surface area contributed by atoms with Gasteiger partial charge in [0.05, 0.1) is 5.69 Å². The van der Waals surface area contributed by atoms with Crippen LogP contribution in [0.3, 0.4) is 0 Å². The monoisotopic (exact) mass is 288 g/mol. The summed E-state index contributed by atoms with van der Waals surface area (Å²) >= 11 is 1.42. The van der Waals surface area contributed by atoms with Gasteiger partial charge in [-0.2, -0.15) is 0 Å². The molecule has 1 aromatic carbocycles. The number of amides is 1. The van der Waals surface area contributed by atoms with Gasteiger partial charge in [0.25, 0.3) is 5.91 Å². The Balaban J connectivity index is 2.48. The molecule has 20 heavy (non-hydrogen) atoms. The summed E-state index contributed by atoms with van der Waals surface area (Å²) in [6, 6.07) is 7.82. The van der Waals surface area contributed by atoms with E-state index in [4.69, 9.17) is 5.73 Å². The topological polar surface area (TPSA) is 80.9 Å². The normalized spacial score (nSPS) is 10.3. The van der Waals surface area contributed by atoms with Gasteiger partial charge in [0.2, 0.25) is 0 Å². The average molecular weight is 288 g/mol. The lowest BCUT2D eigenvalue weighted by Gasteiger charge is -2.12. The second kappa shape index (κ2) is 5.92. The molecule has 104 valence electrons. The Morgan fingerprint density at radius 1 is 1.30 bits per heavy atom. The van der Waals surface area contributed by atoms with Crippen LogP contribution in [0.15, 0.2) is 29.4 Å². The first-order chi connectivity index (χ1) is 9.51. The third-order valence-electron chi connectivity index (χ3n) is 2.78. The first-order valence-corrected chi connectivity index (χ1v) is 7.30. The highest BCUT2D eigenvalue weighted by Gasteiger charge is 2.16. The van der Waals surface area contributed by atoms with Gasteiger partial charge >= 0.3 is 0 Å². The molecule has 5 nitrogen and oxygen atoms in total. The number of hydrogen-bond donors (Lipinski definition) is 2. The van der Waals surface area contributed by atoms with E-state index in [-0.39, 0.29) is 0 Å². The SMILES string of the molecule is CSc1nc(C)c(C(N)=O)c(Nc2cccc(C)c2)n1. The number of rotatable bonds is 4. The Morgan fingerprint density at radius 2 is 2.05 bits per heavy atom. The van der Waals surface area contributed by atoms with Crippen LogP contribution in [-0.4, -0.2) is 22.1 Å². The highest BCUT2D eigenvalue weighted by Crippen LogP contribution is 2.23. The third-order valence-corrected chi connectivity index (χ3v) is 3.33. The van der Waals surface area contributed by atoms with Crippen molar-refractivity contribution in [3.8, 4) is 0 Å². The number of primary amides is 1. The maximum atomic E-state index is 11.6. The van der Waals surface area contributed by atoms with Crippen molar-refractivity contribution in [1.29, 1.82) is 0 Å². The molecular weight excluding hydrogens is 272 g/mol. The maximum Gasteiger partial charge on any atom is 0.254 e. The fourth-order valence-electron chi connectivity index (χ4n) is 1.88. The molecule has 0 spiro atoms. The van der Waals surface area contributed by atoms with E-state index in [2.05, 4.69) is 15.3 Å². The van der Waals surface area contributed by atoms with E-state index >= 15 is 0 Å². The van der Waals surface area contributed by atoms with Crippen LogP contribution in [0.5, 0.6) is 0 Å². The summed E-state index contributed by atoms with van der Waals surface area (Å²) in [6.07, 6.45) is 1.88. The largest absolute Gasteiger partial charge is 0.365 e. The maximum absolute atomic E-state index is 11.6. The molecule has 3 N–H and O–H groups in total. The van der Waals surface area contributed by atoms with Crippen molar-refractivity contribution in [1.82, 2.24) is 9.97 Å². The molecule has 0 fully saturated rings. The number of benzene rings is 1. The summed E-state index contributed by atoms with van der Waals surface area (Å²) in [6.45, 7) is 3.75. The zero-order chi connectivity index (χ0) is 14.7. The number of nitrogens with zero attached hydrogens (tertiary/aromatic N) is 2. The van der Waals surface area contributed by atoms with Gasteiger partial charge < -0.3 is 11.1 Å². The number of aromatic nitrogens is 2. The minimum atomic E-state index is -0.537. The van der Waals surface area contributed by atoms with E-state index in [9.17, 15) is 4.79 Å². The molecule has 0 atom stereocenters. The molecule has 0 unspecified atom stereocenters. The molecule has 0 bridgehead atoms. The van der Waals surface area contributed by atoms with Crippen LogP contribution in [0.25, 0.3) is 0 Å². The van der Waals surface area contributed by atoms with Gasteiger partial charge in [-0.25, -0.2) is 9.97 Å². The van der Waals surface area contributed by atoms with E-state index < -0.39 is 5.91 Å². The Hall–Kier alpha value is -2.08. The molecular formula is C14H16N4OS. The molecule has 0 aliphatic carbocycles. The van der Waals surface area contributed by atoms with E-state index in [1.165, 1.54) is 11.8 Å². The highest BCUT2D eigenvalue weighted by atomic mass is 32.2. The van der Waals surface area contributed by atoms with Crippen molar-refractivity contribution in [2.24, 2.45) is 5.73 Å². The minimum absolute atomic E-state index is 0.323. The molecule has 0 saturated carbocycles. The van der Waals surface area contributed by atoms with Crippen LogP contribution in [0.4, 0.5) is 11.5 Å². The zero-order valence-electron chi connectivity index (χ0n) is 11.6. The number of nitrogens with one attached hydrogen (secondary N) is 1. The van der Waals surface area contributed by atoms with Crippen molar-refractivity contribution >= 4 is 29.2 Å². The average Bonchev–Trinajstić information content (AvgIpc) is 2.37. The van der Waals surface area contributed by atoms with Crippen LogP contribution >= 0.6 is 11.8 Å². The lowest BCUT2D eigenvalue weighted by molar-refractivity contribution is 0.0999. The van der Waals surface area contributed by atoms with Crippen molar-refractivity contribution in [3.63, 3.8) is 0 Å². The molecule has 1 heterocycles. The van der Waals surface area contributed by atoms with Gasteiger partial charge in [-0.05, 0) is 37.8 Å². The van der Waals surface area contributed by atoms with Gasteiger partial charge in [0, 0.05) is 5.69 Å². The summed E-state index contributed by atoms with van der Waals surface area (Å²) in [5, 5.41) is 3.74. The van der Waals surface area contributed by atoms with Crippen molar-refractivity contribution in [3.05, 3.63) is 41.1 Å². The number of thioether (sulfide) groups is 1. The van der Waals surface area contributed by atoms with Gasteiger partial charge in [-0.1, -0.05) is 23.9 Å². The van der Waals surface area contributed by atoms with Crippen LogP contribution < -0.4 is 11.1 Å². The molecule has 1 amide bonds. The van der Waals surface area contributed by atoms with Crippen LogP contribution in [0.1, 0.15) is 21.6 Å². The second-order valence-corrected chi connectivity index (χ2v) is 5.15. The summed E-state index contributed by atoms with van der Waals surface area (Å²) in [7, 11) is 0. The van der Waals surface area contributed by atoms with Gasteiger partial charge in [0.15, 0.2) is 5.16 Å². The highest BCUT2D eigenvalue weighted by molar-refractivity contribution is 7.98. The van der Waals surface area contributed by atoms with E-state index in [1.54, 1.807) is 6.92 Å². The number of hydrogen-bond acceptors (Lipinski definition) is 5. The Morgan fingerprint density at radius 3 is 2.65 bits per heavy atom. The van der Waals surface area contributed by atoms with E-state index in [1.807, 2.05) is 37.4 Å². The standard InChI is InChI=1S/C14H16N4OS/c1-8-5-4-6-10(7-8)17-13-11(12(15)19)9(2)16-14(18-13)20-3/h4-7H,1-3H3,(H2,15,19)(H,16,17,18). The number of aryl methyl sites for hydroxylation is 2. The number of anilines is 2. The fourth-order valence-corrected chi connectivity index (χ4v) is 2.29. The quantitative estimate of drug-likeness (QED) is 0.667. The Labute approximate surface area is 122 Å². The molecule has 1 aromatic heterocycles. The van der Waals surface area contributed by atoms with Crippen molar-refractivity contribution in [2.45, 2.75) is 19.0 Å². The summed E-state index contributed by atoms with van der Waals surface area (Å²) < 4.78 is 0. The fraction of sp³-hybridized carbons (Fsp3) is 0.214. The molecule has 2 aromatic rings. The molecule has 2 rings (SSSR count). The lowest BCUT2D eigenvalue weighted by Crippen LogP contribution is -2.17. The first kappa shape index (κ1) is 14.3. The number of nitrogens with two attached hydrogens (primary N) is 1. The van der Waals surface area contributed by atoms with Crippen molar-refractivity contribution < 1.29 is 4.79 Å². The summed E-state index contributed by atoms with van der Waals surface area (Å²) in [5.74, 6) is -0.0924. The molecule has 0 saturated heterocycles. The smallest absolute Gasteiger partial charge is 0.254 e. The van der Waals surface area contributed by atoms with Crippen molar-refractivity contribution in [2.75, 3.05) is 11.6 Å². The zero-order valence-corrected chi connectivity index (χ0v) is 12.4. The predicted octanol–water partition coefficient (Wildman–Crippen LogP) is 2.66. The molecule has 6 heteroatoms. The summed E-state index contributed by atoms with van der Waals surface area (Å²) in [5.41, 5.74) is 8.30. The minimum Gasteiger partial charge on any atom is -0.365 e. The van der Waals surface area contributed by atoms with Crippen LogP contribution in [0.2, 0.25) is 0 Å². The van der Waals surface area contributed by atoms with E-state index in [0.29, 0.717) is 22.2 Å². The number of carbonyl (C=O) groups is 1. The van der Waals surface area contributed by atoms with Crippen LogP contribution in [-0.2, 0) is 0 Å². The predicted molar refractivity (Wildman–Crippen MR) is 81.5 cm³/mol. The molecule has 0 radical (unpaired) electrons. The van der Waals surface area contributed by atoms with Crippen LogP contribution in [0, 0.1) is 13.8 Å². The first-order valence-electron chi connectivity index (χ1n) is 6.07. The van der Waals surface area contributed by atoms with Gasteiger partial charge in [-0.15, -0.1) is 0 Å². The Kier molecular flexibility index (Phi) is 4.24. The number of carbonyl (C=O) groups excluding carboxylic acids is 1. The van der Waals surface area contributed by atoms with Gasteiger partial charge in [0.1, 0.15) is 11.4 Å². The van der Waals surface area contributed by atoms with Gasteiger partial charge in [-0.3, -0.25) is 4.79 Å². The van der Waals surface area contributed by atoms with E-state index in [0.717, 1.165) is 11.3 Å². The summed E-state index contributed by atoms with van der Waals surface area (Å²) in [4.78, 5) is 20.2. The molecule has 0 aliphatic heterocycles. The Bertz CT molecular complexity index is 658. The second-order valence-electron chi connectivity index (χ2n) is 4.38. The third kappa shape index (κ3) is 3.08.